The molecule has 1 N–H and O–H groups in total. The molecule has 9 heteroatoms. The highest BCUT2D eigenvalue weighted by Gasteiger charge is 2.33. The number of rotatable bonds is 12. The lowest BCUT2D eigenvalue weighted by atomic mass is 10.1. The lowest BCUT2D eigenvalue weighted by Gasteiger charge is -2.33. The lowest BCUT2D eigenvalue weighted by molar-refractivity contribution is -0.139. The average molecular weight is 538 g/mol. The second-order valence-electron chi connectivity index (χ2n) is 8.88. The summed E-state index contributed by atoms with van der Waals surface area (Å²) in [5.74, 6) is -0.242. The molecular formula is C29H35N3O5S. The molecule has 0 spiro atoms. The molecular weight excluding hydrogens is 502 g/mol. The van der Waals surface area contributed by atoms with Crippen molar-refractivity contribution in [3.63, 3.8) is 0 Å². The van der Waals surface area contributed by atoms with Gasteiger partial charge in [0.15, 0.2) is 0 Å². The molecule has 0 aromatic heterocycles. The maximum Gasteiger partial charge on any atom is 0.264 e. The molecule has 38 heavy (non-hydrogen) atoms. The molecule has 3 aromatic carbocycles. The highest BCUT2D eigenvalue weighted by Crippen LogP contribution is 2.26. The zero-order valence-electron chi connectivity index (χ0n) is 22.3. The minimum Gasteiger partial charge on any atom is -0.497 e. The summed E-state index contributed by atoms with van der Waals surface area (Å²) in [4.78, 5) is 28.1. The van der Waals surface area contributed by atoms with Gasteiger partial charge in [-0.1, -0.05) is 55.0 Å². The van der Waals surface area contributed by atoms with Crippen LogP contribution in [0.3, 0.4) is 0 Å². The predicted molar refractivity (Wildman–Crippen MR) is 149 cm³/mol. The Kier molecular flexibility index (Phi) is 9.90. The summed E-state index contributed by atoms with van der Waals surface area (Å²) in [6, 6.07) is 21.9. The quantitative estimate of drug-likeness (QED) is 0.379. The molecule has 2 amide bonds. The molecule has 0 fully saturated rings. The molecule has 0 saturated carbocycles. The van der Waals surface area contributed by atoms with Crippen LogP contribution in [0.1, 0.15) is 24.5 Å². The maximum atomic E-state index is 13.8. The minimum absolute atomic E-state index is 0.0286. The van der Waals surface area contributed by atoms with Gasteiger partial charge in [0.05, 0.1) is 17.7 Å². The number of likely N-dealkylation sites (N-methyl/N-ethyl adjacent to an activating group) is 1. The molecule has 0 aliphatic heterocycles. The fourth-order valence-corrected chi connectivity index (χ4v) is 5.59. The Morgan fingerprint density at radius 2 is 1.58 bits per heavy atom. The van der Waals surface area contributed by atoms with Crippen molar-refractivity contribution < 1.29 is 22.7 Å². The van der Waals surface area contributed by atoms with E-state index in [1.807, 2.05) is 44.2 Å². The van der Waals surface area contributed by atoms with Crippen LogP contribution in [-0.2, 0) is 26.0 Å². The summed E-state index contributed by atoms with van der Waals surface area (Å²) >= 11 is 0. The molecule has 8 nitrogen and oxygen atoms in total. The largest absolute Gasteiger partial charge is 0.497 e. The van der Waals surface area contributed by atoms with Gasteiger partial charge < -0.3 is 15.0 Å². The number of sulfonamides is 1. The third kappa shape index (κ3) is 6.92. The van der Waals surface area contributed by atoms with E-state index in [0.29, 0.717) is 24.3 Å². The fraction of sp³-hybridized carbons (Fsp3) is 0.310. The van der Waals surface area contributed by atoms with Crippen molar-refractivity contribution in [3.05, 3.63) is 90.0 Å². The van der Waals surface area contributed by atoms with Crippen molar-refractivity contribution in [3.8, 4) is 5.75 Å². The zero-order valence-corrected chi connectivity index (χ0v) is 23.1. The number of nitrogens with zero attached hydrogens (tertiary/aromatic N) is 2. The van der Waals surface area contributed by atoms with E-state index in [2.05, 4.69) is 5.32 Å². The Labute approximate surface area is 225 Å². The third-order valence-electron chi connectivity index (χ3n) is 6.36. The molecule has 3 aromatic rings. The van der Waals surface area contributed by atoms with Crippen molar-refractivity contribution >= 4 is 27.5 Å². The number of anilines is 1. The summed E-state index contributed by atoms with van der Waals surface area (Å²) < 4.78 is 33.9. The zero-order chi connectivity index (χ0) is 27.7. The Bertz CT molecular complexity index is 1310. The normalized spacial score (nSPS) is 11.9. The van der Waals surface area contributed by atoms with Crippen LogP contribution in [0, 0.1) is 6.92 Å². The lowest BCUT2D eigenvalue weighted by Crippen LogP contribution is -2.52. The van der Waals surface area contributed by atoms with Crippen LogP contribution < -0.4 is 14.4 Å². The van der Waals surface area contributed by atoms with Gasteiger partial charge in [0.1, 0.15) is 18.3 Å². The number of amides is 2. The highest BCUT2D eigenvalue weighted by molar-refractivity contribution is 7.92. The topological polar surface area (TPSA) is 96.0 Å². The van der Waals surface area contributed by atoms with Gasteiger partial charge in [0, 0.05) is 13.6 Å². The van der Waals surface area contributed by atoms with E-state index in [4.69, 9.17) is 4.74 Å². The molecule has 0 aliphatic carbocycles. The first kappa shape index (κ1) is 28.7. The summed E-state index contributed by atoms with van der Waals surface area (Å²) in [6.45, 7) is 3.53. The predicted octanol–water partition coefficient (Wildman–Crippen LogP) is 3.79. The Morgan fingerprint density at radius 3 is 2.13 bits per heavy atom. The Hall–Kier alpha value is -3.85. The Balaban J connectivity index is 1.99. The van der Waals surface area contributed by atoms with Gasteiger partial charge in [-0.2, -0.15) is 0 Å². The highest BCUT2D eigenvalue weighted by atomic mass is 32.2. The van der Waals surface area contributed by atoms with E-state index in [-0.39, 0.29) is 17.3 Å². The number of ether oxygens (including phenoxy) is 1. The van der Waals surface area contributed by atoms with Gasteiger partial charge in [0.25, 0.3) is 10.0 Å². The van der Waals surface area contributed by atoms with Crippen LogP contribution >= 0.6 is 0 Å². The molecule has 0 bridgehead atoms. The van der Waals surface area contributed by atoms with Crippen molar-refractivity contribution in [2.45, 2.75) is 37.6 Å². The second-order valence-corrected chi connectivity index (χ2v) is 10.7. The van der Waals surface area contributed by atoms with Crippen molar-refractivity contribution in [1.29, 1.82) is 0 Å². The monoisotopic (exact) mass is 537 g/mol. The summed E-state index contributed by atoms with van der Waals surface area (Å²) in [5, 5.41) is 2.63. The smallest absolute Gasteiger partial charge is 0.264 e. The van der Waals surface area contributed by atoms with E-state index in [0.717, 1.165) is 15.4 Å². The van der Waals surface area contributed by atoms with Crippen LogP contribution in [0.5, 0.6) is 5.75 Å². The van der Waals surface area contributed by atoms with Crippen molar-refractivity contribution in [2.75, 3.05) is 31.6 Å². The van der Waals surface area contributed by atoms with Crippen molar-refractivity contribution in [1.82, 2.24) is 10.2 Å². The van der Waals surface area contributed by atoms with Crippen LogP contribution in [0.2, 0.25) is 0 Å². The van der Waals surface area contributed by atoms with Crippen LogP contribution in [0.25, 0.3) is 0 Å². The first-order valence-electron chi connectivity index (χ1n) is 12.5. The van der Waals surface area contributed by atoms with Crippen molar-refractivity contribution in [2.24, 2.45) is 0 Å². The van der Waals surface area contributed by atoms with E-state index in [1.165, 1.54) is 31.2 Å². The van der Waals surface area contributed by atoms with Crippen LogP contribution in [-0.4, -0.2) is 58.4 Å². The third-order valence-corrected chi connectivity index (χ3v) is 8.15. The summed E-state index contributed by atoms with van der Waals surface area (Å²) in [5.41, 5.74) is 2.33. The van der Waals surface area contributed by atoms with Gasteiger partial charge in [-0.15, -0.1) is 0 Å². The fourth-order valence-electron chi connectivity index (χ4n) is 4.18. The molecule has 0 aliphatic rings. The first-order chi connectivity index (χ1) is 18.2. The number of hydrogen-bond acceptors (Lipinski definition) is 5. The van der Waals surface area contributed by atoms with Crippen LogP contribution in [0.15, 0.2) is 83.8 Å². The van der Waals surface area contributed by atoms with E-state index < -0.39 is 28.5 Å². The molecule has 0 radical (unpaired) electrons. The summed E-state index contributed by atoms with van der Waals surface area (Å²) in [7, 11) is -1.09. The summed E-state index contributed by atoms with van der Waals surface area (Å²) in [6.07, 6.45) is 0.909. The molecule has 0 heterocycles. The number of benzene rings is 3. The molecule has 0 saturated heterocycles. The van der Waals surface area contributed by atoms with E-state index in [9.17, 15) is 18.0 Å². The van der Waals surface area contributed by atoms with E-state index in [1.54, 1.807) is 36.4 Å². The first-order valence-corrected chi connectivity index (χ1v) is 13.9. The number of aryl methyl sites for hydroxylation is 1. The van der Waals surface area contributed by atoms with Gasteiger partial charge >= 0.3 is 0 Å². The molecule has 1 unspecified atom stereocenters. The molecule has 202 valence electrons. The number of carbonyl (C=O) groups is 2. The van der Waals surface area contributed by atoms with E-state index >= 15 is 0 Å². The van der Waals surface area contributed by atoms with Gasteiger partial charge in [-0.25, -0.2) is 8.42 Å². The number of nitrogens with one attached hydrogen (secondary N) is 1. The molecule has 3 rings (SSSR count). The number of methoxy groups -OCH3 is 1. The minimum atomic E-state index is -4.12. The average Bonchev–Trinajstić information content (AvgIpc) is 2.94. The standard InChI is InChI=1S/C29H35N3O5S/c1-5-27(29(34)30-3)31(20-19-23-9-7-6-8-10-23)28(33)21-32(24-13-11-22(2)12-14-24)38(35,36)26-17-15-25(37-4)16-18-26/h6-18,27H,5,19-21H2,1-4H3,(H,30,34). The van der Waals surface area contributed by atoms with Gasteiger partial charge in [-0.05, 0) is 61.7 Å². The number of hydrogen-bond donors (Lipinski definition) is 1. The van der Waals surface area contributed by atoms with Gasteiger partial charge in [-0.3, -0.25) is 13.9 Å². The SMILES string of the molecule is CCC(C(=O)NC)N(CCc1ccccc1)C(=O)CN(c1ccc(C)cc1)S(=O)(=O)c1ccc(OC)cc1. The van der Waals surface area contributed by atoms with Gasteiger partial charge in [0.2, 0.25) is 11.8 Å². The van der Waals surface area contributed by atoms with Crippen LogP contribution in [0.4, 0.5) is 5.69 Å². The maximum absolute atomic E-state index is 13.8. The molecule has 1 atom stereocenters. The Morgan fingerprint density at radius 1 is 0.947 bits per heavy atom. The second kappa shape index (κ2) is 13.1. The number of carbonyl (C=O) groups excluding carboxylic acids is 2.